The van der Waals surface area contributed by atoms with Crippen LogP contribution < -0.4 is 4.74 Å². The van der Waals surface area contributed by atoms with Crippen LogP contribution in [0.1, 0.15) is 37.7 Å². The number of rotatable bonds is 4. The van der Waals surface area contributed by atoms with Crippen LogP contribution in [0, 0.1) is 12.3 Å². The fraction of sp³-hybridized carbons (Fsp3) is 0.556. The fourth-order valence-electron chi connectivity index (χ4n) is 3.60. The highest BCUT2D eigenvalue weighted by molar-refractivity contribution is 7.99. The summed E-state index contributed by atoms with van der Waals surface area (Å²) in [4.78, 5) is 0.407. The van der Waals surface area contributed by atoms with E-state index in [2.05, 4.69) is 5.92 Å². The van der Waals surface area contributed by atoms with Crippen LogP contribution in [0.25, 0.3) is 0 Å². The van der Waals surface area contributed by atoms with Gasteiger partial charge in [-0.1, -0.05) is 12.3 Å². The van der Waals surface area contributed by atoms with Gasteiger partial charge in [-0.05, 0) is 31.0 Å². The molecule has 2 bridgehead atoms. The average Bonchev–Trinajstić information content (AvgIpc) is 2.54. The number of piperidine rings is 2. The number of benzene rings is 1. The summed E-state index contributed by atoms with van der Waals surface area (Å²) < 4.78 is 44.9. The first kappa shape index (κ1) is 18.4. The quantitative estimate of drug-likeness (QED) is 0.620. The molecule has 1 aromatic carbocycles. The lowest BCUT2D eigenvalue weighted by atomic mass is 9.85. The Morgan fingerprint density at radius 3 is 2.56 bits per heavy atom. The second kappa shape index (κ2) is 7.48. The Labute approximate surface area is 149 Å². The molecular weight excluding hydrogens is 351 g/mol. The fourth-order valence-corrected chi connectivity index (χ4v) is 4.30. The van der Waals surface area contributed by atoms with E-state index in [0.29, 0.717) is 23.5 Å². The number of hydrogen-bond acceptors (Lipinski definition) is 4. The van der Waals surface area contributed by atoms with Gasteiger partial charge in [-0.25, -0.2) is 0 Å². The third-order valence-corrected chi connectivity index (χ3v) is 5.71. The summed E-state index contributed by atoms with van der Waals surface area (Å²) in [6.07, 6.45) is 5.00. The Balaban J connectivity index is 1.78. The summed E-state index contributed by atoms with van der Waals surface area (Å²) in [7, 11) is 0. The number of ether oxygens (including phenoxy) is 1. The molecule has 7 heteroatoms. The van der Waals surface area contributed by atoms with E-state index in [-0.39, 0.29) is 23.9 Å². The minimum Gasteiger partial charge on any atom is -0.489 e. The van der Waals surface area contributed by atoms with Crippen LogP contribution in [0.4, 0.5) is 13.2 Å². The van der Waals surface area contributed by atoms with Crippen molar-refractivity contribution in [2.75, 3.05) is 5.75 Å². The molecular formula is C18H20F3NO2S. The highest BCUT2D eigenvalue weighted by atomic mass is 32.2. The Hall–Kier alpha value is -1.36. The van der Waals surface area contributed by atoms with Crippen LogP contribution >= 0.6 is 11.8 Å². The van der Waals surface area contributed by atoms with E-state index in [1.165, 1.54) is 22.9 Å². The Morgan fingerprint density at radius 2 is 1.96 bits per heavy atom. The van der Waals surface area contributed by atoms with E-state index in [9.17, 15) is 18.4 Å². The van der Waals surface area contributed by atoms with Crippen molar-refractivity contribution in [1.82, 2.24) is 5.06 Å². The normalized spacial score (nSPS) is 26.9. The van der Waals surface area contributed by atoms with Gasteiger partial charge in [0.15, 0.2) is 0 Å². The summed E-state index contributed by atoms with van der Waals surface area (Å²) in [5.74, 6) is 3.14. The van der Waals surface area contributed by atoms with Crippen molar-refractivity contribution in [1.29, 1.82) is 0 Å². The van der Waals surface area contributed by atoms with Gasteiger partial charge in [-0.2, -0.15) is 18.2 Å². The summed E-state index contributed by atoms with van der Waals surface area (Å²) in [5.41, 5.74) is -0.707. The topological polar surface area (TPSA) is 32.7 Å². The van der Waals surface area contributed by atoms with Crippen molar-refractivity contribution in [2.45, 2.75) is 61.4 Å². The number of fused-ring (bicyclic) bond motifs is 2. The molecule has 0 aliphatic carbocycles. The number of thioether (sulfide) groups is 1. The van der Waals surface area contributed by atoms with Crippen molar-refractivity contribution in [2.24, 2.45) is 0 Å². The van der Waals surface area contributed by atoms with Crippen LogP contribution in [-0.2, 0) is 6.18 Å². The van der Waals surface area contributed by atoms with Gasteiger partial charge in [0, 0.05) is 24.9 Å². The summed E-state index contributed by atoms with van der Waals surface area (Å²) in [6.45, 7) is 0. The van der Waals surface area contributed by atoms with Gasteiger partial charge < -0.3 is 9.94 Å². The van der Waals surface area contributed by atoms with Crippen LogP contribution in [0.3, 0.4) is 0 Å². The van der Waals surface area contributed by atoms with Gasteiger partial charge >= 0.3 is 6.18 Å². The zero-order chi connectivity index (χ0) is 18.0. The molecule has 1 N–H and O–H groups in total. The molecule has 0 spiro atoms. The van der Waals surface area contributed by atoms with Gasteiger partial charge in [0.1, 0.15) is 11.9 Å². The Bertz CT molecular complexity index is 645. The third-order valence-electron chi connectivity index (χ3n) is 4.77. The first-order chi connectivity index (χ1) is 11.9. The van der Waals surface area contributed by atoms with Crippen LogP contribution in [0.2, 0.25) is 0 Å². The minimum absolute atomic E-state index is 0.0637. The molecule has 3 nitrogen and oxygen atoms in total. The zero-order valence-corrected chi connectivity index (χ0v) is 14.4. The molecule has 2 fully saturated rings. The van der Waals surface area contributed by atoms with Gasteiger partial charge in [-0.3, -0.25) is 0 Å². The maximum Gasteiger partial charge on any atom is 0.416 e. The SMILES string of the molecule is C#CCSc1cc(C(F)(F)F)ccc1OC1C[C@H]2CCC[C@H](C1)N2O. The van der Waals surface area contributed by atoms with Gasteiger partial charge in [0.05, 0.1) is 16.2 Å². The molecule has 25 heavy (non-hydrogen) atoms. The molecule has 2 saturated heterocycles. The lowest BCUT2D eigenvalue weighted by Gasteiger charge is -2.45. The molecule has 2 atom stereocenters. The molecule has 2 aliphatic heterocycles. The summed E-state index contributed by atoms with van der Waals surface area (Å²) >= 11 is 1.17. The first-order valence-electron chi connectivity index (χ1n) is 8.30. The predicted octanol–water partition coefficient (Wildman–Crippen LogP) is 4.58. The standard InChI is InChI=1S/C18H20F3NO2S/c1-2-8-25-17-9-12(18(19,20)21)6-7-16(17)24-15-10-13-4-3-5-14(11-15)22(13)23/h1,6-7,9,13-15,23H,3-5,8,10-11H2/t13-,14-/m1/s1. The lowest BCUT2D eigenvalue weighted by Crippen LogP contribution is -2.52. The molecule has 2 aliphatic rings. The second-order valence-corrected chi connectivity index (χ2v) is 7.50. The number of halogens is 3. The highest BCUT2D eigenvalue weighted by Crippen LogP contribution is 2.39. The molecule has 1 aromatic rings. The van der Waals surface area contributed by atoms with E-state index in [1.807, 2.05) is 0 Å². The number of nitrogens with zero attached hydrogens (tertiary/aromatic N) is 1. The number of alkyl halides is 3. The first-order valence-corrected chi connectivity index (χ1v) is 9.28. The van der Waals surface area contributed by atoms with Crippen molar-refractivity contribution in [3.8, 4) is 18.1 Å². The maximum absolute atomic E-state index is 13.0. The molecule has 0 unspecified atom stereocenters. The zero-order valence-electron chi connectivity index (χ0n) is 13.6. The average molecular weight is 371 g/mol. The van der Waals surface area contributed by atoms with Crippen LogP contribution in [0.5, 0.6) is 5.75 Å². The predicted molar refractivity (Wildman–Crippen MR) is 89.7 cm³/mol. The number of hydroxylamine groups is 2. The van der Waals surface area contributed by atoms with Crippen molar-refractivity contribution in [3.63, 3.8) is 0 Å². The second-order valence-electron chi connectivity index (χ2n) is 6.48. The molecule has 0 amide bonds. The third kappa shape index (κ3) is 4.25. The van der Waals surface area contributed by atoms with Gasteiger partial charge in [0.2, 0.25) is 0 Å². The van der Waals surface area contributed by atoms with E-state index in [0.717, 1.165) is 31.4 Å². The van der Waals surface area contributed by atoms with E-state index in [1.54, 1.807) is 0 Å². The minimum atomic E-state index is -4.40. The molecule has 0 saturated carbocycles. The molecule has 0 radical (unpaired) electrons. The van der Waals surface area contributed by atoms with Gasteiger partial charge in [-0.15, -0.1) is 18.2 Å². The molecule has 136 valence electrons. The van der Waals surface area contributed by atoms with Crippen molar-refractivity contribution in [3.05, 3.63) is 23.8 Å². The molecule has 2 heterocycles. The molecule has 3 rings (SSSR count). The monoisotopic (exact) mass is 371 g/mol. The summed E-state index contributed by atoms with van der Waals surface area (Å²) in [5, 5.41) is 11.5. The molecule has 0 aromatic heterocycles. The smallest absolute Gasteiger partial charge is 0.416 e. The van der Waals surface area contributed by atoms with E-state index in [4.69, 9.17) is 11.2 Å². The Morgan fingerprint density at radius 1 is 1.28 bits per heavy atom. The van der Waals surface area contributed by atoms with Crippen molar-refractivity contribution >= 4 is 11.8 Å². The number of hydrogen-bond donors (Lipinski definition) is 1. The lowest BCUT2D eigenvalue weighted by molar-refractivity contribution is -0.207. The van der Waals surface area contributed by atoms with Crippen LogP contribution in [0.15, 0.2) is 23.1 Å². The van der Waals surface area contributed by atoms with Crippen LogP contribution in [-0.4, -0.2) is 34.2 Å². The number of terminal acetylenes is 1. The largest absolute Gasteiger partial charge is 0.489 e. The Kier molecular flexibility index (Phi) is 5.52. The van der Waals surface area contributed by atoms with E-state index < -0.39 is 11.7 Å². The summed E-state index contributed by atoms with van der Waals surface area (Å²) in [6, 6.07) is 3.64. The maximum atomic E-state index is 13.0. The van der Waals surface area contributed by atoms with Gasteiger partial charge in [0.25, 0.3) is 0 Å². The highest BCUT2D eigenvalue weighted by Gasteiger charge is 2.39. The van der Waals surface area contributed by atoms with E-state index >= 15 is 0 Å². The van der Waals surface area contributed by atoms with Crippen molar-refractivity contribution < 1.29 is 23.1 Å².